The van der Waals surface area contributed by atoms with Crippen molar-refractivity contribution in [3.8, 4) is 0 Å². The molecular formula is C9H19N5. The summed E-state index contributed by atoms with van der Waals surface area (Å²) in [5.74, 6) is 1.81. The lowest BCUT2D eigenvalue weighted by molar-refractivity contribution is 0.543. The Hall–Kier alpha value is -1.10. The normalized spacial score (nSPS) is 12.9. The molecule has 2 N–H and O–H groups in total. The Labute approximate surface area is 84.9 Å². The molecule has 0 aromatic carbocycles. The van der Waals surface area contributed by atoms with Crippen LogP contribution in [0.2, 0.25) is 0 Å². The highest BCUT2D eigenvalue weighted by molar-refractivity contribution is 5.23. The summed E-state index contributed by atoms with van der Waals surface area (Å²) in [5, 5.41) is 14.5. The number of aromatic nitrogens is 3. The van der Waals surface area contributed by atoms with Gasteiger partial charge in [-0.25, -0.2) is 0 Å². The van der Waals surface area contributed by atoms with Gasteiger partial charge < -0.3 is 15.2 Å². The molecule has 1 atom stereocenters. The van der Waals surface area contributed by atoms with Gasteiger partial charge in [-0.15, -0.1) is 10.2 Å². The number of hydrogen-bond donors (Lipinski definition) is 2. The first-order chi connectivity index (χ1) is 6.69. The van der Waals surface area contributed by atoms with Crippen molar-refractivity contribution in [3.05, 3.63) is 5.82 Å². The molecule has 0 amide bonds. The lowest BCUT2D eigenvalue weighted by atomic mass is 10.2. The van der Waals surface area contributed by atoms with Crippen molar-refractivity contribution in [2.75, 3.05) is 18.9 Å². The van der Waals surface area contributed by atoms with Crippen molar-refractivity contribution in [1.82, 2.24) is 20.1 Å². The van der Waals surface area contributed by atoms with Gasteiger partial charge >= 0.3 is 0 Å². The predicted octanol–water partition coefficient (Wildman–Crippen LogP) is 0.397. The molecular weight excluding hydrogens is 178 g/mol. The number of nitrogens with zero attached hydrogens (tertiary/aromatic N) is 3. The number of rotatable bonds is 5. The van der Waals surface area contributed by atoms with Crippen LogP contribution in [0.25, 0.3) is 0 Å². The zero-order chi connectivity index (χ0) is 10.6. The predicted molar refractivity (Wildman–Crippen MR) is 57.4 cm³/mol. The van der Waals surface area contributed by atoms with Crippen molar-refractivity contribution in [1.29, 1.82) is 0 Å². The van der Waals surface area contributed by atoms with Gasteiger partial charge in [-0.3, -0.25) is 0 Å². The maximum absolute atomic E-state index is 4.12. The molecule has 1 heterocycles. The van der Waals surface area contributed by atoms with E-state index in [2.05, 4.69) is 34.7 Å². The van der Waals surface area contributed by atoms with Gasteiger partial charge in [-0.1, -0.05) is 6.92 Å². The van der Waals surface area contributed by atoms with E-state index in [-0.39, 0.29) is 0 Å². The summed E-state index contributed by atoms with van der Waals surface area (Å²) in [6, 6.07) is 0.438. The summed E-state index contributed by atoms with van der Waals surface area (Å²) >= 11 is 0. The Morgan fingerprint density at radius 1 is 1.43 bits per heavy atom. The summed E-state index contributed by atoms with van der Waals surface area (Å²) in [4.78, 5) is 0. The van der Waals surface area contributed by atoms with E-state index in [4.69, 9.17) is 0 Å². The second kappa shape index (κ2) is 4.95. The summed E-state index contributed by atoms with van der Waals surface area (Å²) in [7, 11) is 3.82. The Kier molecular flexibility index (Phi) is 3.88. The van der Waals surface area contributed by atoms with Crippen LogP contribution < -0.4 is 10.6 Å². The third-order valence-corrected chi connectivity index (χ3v) is 2.23. The highest BCUT2D eigenvalue weighted by Gasteiger charge is 2.09. The van der Waals surface area contributed by atoms with E-state index in [1.165, 1.54) is 0 Å². The Balaban J connectivity index is 2.62. The van der Waals surface area contributed by atoms with Crippen molar-refractivity contribution in [3.63, 3.8) is 0 Å². The number of anilines is 1. The zero-order valence-electron chi connectivity index (χ0n) is 9.33. The van der Waals surface area contributed by atoms with Gasteiger partial charge in [0, 0.05) is 26.6 Å². The van der Waals surface area contributed by atoms with E-state index in [1.54, 1.807) is 0 Å². The maximum atomic E-state index is 4.12. The first kappa shape index (κ1) is 11.0. The standard InChI is InChI=1S/C9H19N5/c1-5-11-7(2)6-8-12-13-9(10-3)14(8)4/h7,11H,5-6H2,1-4H3,(H,10,13). The largest absolute Gasteiger partial charge is 0.357 e. The van der Waals surface area contributed by atoms with Crippen molar-refractivity contribution < 1.29 is 0 Å². The quantitative estimate of drug-likeness (QED) is 0.717. The average molecular weight is 197 g/mol. The molecule has 14 heavy (non-hydrogen) atoms. The van der Waals surface area contributed by atoms with Crippen LogP contribution in [0.1, 0.15) is 19.7 Å². The number of nitrogens with one attached hydrogen (secondary N) is 2. The Bertz CT molecular complexity index is 281. The SMILES string of the molecule is CCNC(C)Cc1nnc(NC)n1C. The molecule has 1 aromatic rings. The lowest BCUT2D eigenvalue weighted by Crippen LogP contribution is -2.28. The fourth-order valence-electron chi connectivity index (χ4n) is 1.45. The molecule has 1 unspecified atom stereocenters. The minimum Gasteiger partial charge on any atom is -0.357 e. The monoisotopic (exact) mass is 197 g/mol. The Morgan fingerprint density at radius 3 is 2.64 bits per heavy atom. The molecule has 0 radical (unpaired) electrons. The second-order valence-electron chi connectivity index (χ2n) is 3.41. The van der Waals surface area contributed by atoms with Gasteiger partial charge in [0.25, 0.3) is 0 Å². The molecule has 0 saturated carbocycles. The van der Waals surface area contributed by atoms with Crippen molar-refractivity contribution >= 4 is 5.95 Å². The van der Waals surface area contributed by atoms with E-state index in [0.717, 1.165) is 24.7 Å². The van der Waals surface area contributed by atoms with Gasteiger partial charge in [0.05, 0.1) is 0 Å². The summed E-state index contributed by atoms with van der Waals surface area (Å²) in [6.07, 6.45) is 0.902. The first-order valence-electron chi connectivity index (χ1n) is 4.98. The van der Waals surface area contributed by atoms with Crippen LogP contribution in [0.15, 0.2) is 0 Å². The zero-order valence-corrected chi connectivity index (χ0v) is 9.33. The third-order valence-electron chi connectivity index (χ3n) is 2.23. The molecule has 0 aliphatic heterocycles. The highest BCUT2D eigenvalue weighted by Crippen LogP contribution is 2.05. The third kappa shape index (κ3) is 2.45. The first-order valence-corrected chi connectivity index (χ1v) is 4.98. The molecule has 0 saturated heterocycles. The van der Waals surface area contributed by atoms with Crippen molar-refractivity contribution in [2.45, 2.75) is 26.3 Å². The van der Waals surface area contributed by atoms with Gasteiger partial charge in [0.2, 0.25) is 5.95 Å². The van der Waals surface area contributed by atoms with Crippen LogP contribution in [0, 0.1) is 0 Å². The van der Waals surface area contributed by atoms with Crippen LogP contribution >= 0.6 is 0 Å². The second-order valence-corrected chi connectivity index (χ2v) is 3.41. The average Bonchev–Trinajstić information content (AvgIpc) is 2.48. The van der Waals surface area contributed by atoms with E-state index >= 15 is 0 Å². The number of hydrogen-bond acceptors (Lipinski definition) is 4. The van der Waals surface area contributed by atoms with Crippen molar-refractivity contribution in [2.24, 2.45) is 7.05 Å². The van der Waals surface area contributed by atoms with Gasteiger partial charge in [0.1, 0.15) is 5.82 Å². The van der Waals surface area contributed by atoms with E-state index in [1.807, 2.05) is 18.7 Å². The molecule has 0 fully saturated rings. The van der Waals surface area contributed by atoms with Gasteiger partial charge in [-0.05, 0) is 13.5 Å². The fourth-order valence-corrected chi connectivity index (χ4v) is 1.45. The molecule has 0 aliphatic carbocycles. The van der Waals surface area contributed by atoms with Gasteiger partial charge in [0.15, 0.2) is 0 Å². The van der Waals surface area contributed by atoms with Crippen LogP contribution in [0.4, 0.5) is 5.95 Å². The molecule has 80 valence electrons. The summed E-state index contributed by atoms with van der Waals surface area (Å²) in [6.45, 7) is 5.24. The van der Waals surface area contributed by atoms with Crippen LogP contribution in [0.3, 0.4) is 0 Å². The fraction of sp³-hybridized carbons (Fsp3) is 0.778. The molecule has 5 heteroatoms. The van der Waals surface area contributed by atoms with Crippen LogP contribution in [-0.4, -0.2) is 34.4 Å². The van der Waals surface area contributed by atoms with E-state index in [9.17, 15) is 0 Å². The highest BCUT2D eigenvalue weighted by atomic mass is 15.3. The van der Waals surface area contributed by atoms with Gasteiger partial charge in [-0.2, -0.15) is 0 Å². The molecule has 0 aliphatic rings. The molecule has 0 spiro atoms. The number of likely N-dealkylation sites (N-methyl/N-ethyl adjacent to an activating group) is 1. The topological polar surface area (TPSA) is 54.8 Å². The molecule has 0 bridgehead atoms. The summed E-state index contributed by atoms with van der Waals surface area (Å²) in [5.41, 5.74) is 0. The molecule has 1 aromatic heterocycles. The minimum atomic E-state index is 0.438. The molecule has 1 rings (SSSR count). The maximum Gasteiger partial charge on any atom is 0.224 e. The minimum absolute atomic E-state index is 0.438. The molecule has 5 nitrogen and oxygen atoms in total. The van der Waals surface area contributed by atoms with Crippen LogP contribution in [-0.2, 0) is 13.5 Å². The Morgan fingerprint density at radius 2 is 2.14 bits per heavy atom. The summed E-state index contributed by atoms with van der Waals surface area (Å²) < 4.78 is 1.98. The van der Waals surface area contributed by atoms with E-state index < -0.39 is 0 Å². The lowest BCUT2D eigenvalue weighted by Gasteiger charge is -2.11. The smallest absolute Gasteiger partial charge is 0.224 e. The van der Waals surface area contributed by atoms with Crippen LogP contribution in [0.5, 0.6) is 0 Å². The van der Waals surface area contributed by atoms with E-state index in [0.29, 0.717) is 6.04 Å².